The van der Waals surface area contributed by atoms with Gasteiger partial charge in [-0.1, -0.05) is 0 Å². The van der Waals surface area contributed by atoms with E-state index in [0.29, 0.717) is 11.1 Å². The number of allylic oxidation sites excluding steroid dienone is 2. The topological polar surface area (TPSA) is 134 Å². The fourth-order valence-corrected chi connectivity index (χ4v) is 1.89. The van der Waals surface area contributed by atoms with Crippen LogP contribution < -0.4 is 11.5 Å². The summed E-state index contributed by atoms with van der Waals surface area (Å²) in [5.41, 5.74) is 11.4. The minimum atomic E-state index is -0.707. The quantitative estimate of drug-likeness (QED) is 0.715. The Hall–Kier alpha value is -2.60. The lowest BCUT2D eigenvalue weighted by atomic mass is 9.89. The molecule has 4 N–H and O–H groups in total. The predicted molar refractivity (Wildman–Crippen MR) is 62.1 cm³/mol. The summed E-state index contributed by atoms with van der Waals surface area (Å²) in [6, 6.07) is 3.88. The van der Waals surface area contributed by atoms with Crippen molar-refractivity contribution in [2.24, 2.45) is 11.5 Å². The minimum absolute atomic E-state index is 0.154. The van der Waals surface area contributed by atoms with Crippen molar-refractivity contribution in [3.8, 4) is 12.1 Å². The lowest BCUT2D eigenvalue weighted by Gasteiger charge is -2.14. The molecule has 0 aromatic heterocycles. The molecule has 0 spiro atoms. The van der Waals surface area contributed by atoms with Crippen LogP contribution in [-0.4, -0.2) is 11.8 Å². The summed E-state index contributed by atoms with van der Waals surface area (Å²) in [5.74, 6) is -1.41. The highest BCUT2D eigenvalue weighted by molar-refractivity contribution is 6.03. The predicted octanol–water partition coefficient (Wildman–Crippen LogP) is 0.171. The van der Waals surface area contributed by atoms with E-state index in [-0.39, 0.29) is 36.8 Å². The number of nitrogens with zero attached hydrogens (tertiary/aromatic N) is 2. The van der Waals surface area contributed by atoms with Crippen LogP contribution in [0.3, 0.4) is 0 Å². The Balaban J connectivity index is 3.18. The van der Waals surface area contributed by atoms with E-state index in [2.05, 4.69) is 0 Å². The van der Waals surface area contributed by atoms with Gasteiger partial charge in [-0.2, -0.15) is 10.5 Å². The van der Waals surface area contributed by atoms with Gasteiger partial charge in [0.1, 0.15) is 0 Å². The number of carbonyl (C=O) groups excluding carboxylic acids is 2. The molecule has 92 valence electrons. The molecule has 0 aromatic carbocycles. The fourth-order valence-electron chi connectivity index (χ4n) is 1.89. The molecule has 1 rings (SSSR count). The van der Waals surface area contributed by atoms with E-state index < -0.39 is 11.8 Å². The second-order valence-corrected chi connectivity index (χ2v) is 3.87. The number of primary amides is 2. The molecule has 0 unspecified atom stereocenters. The van der Waals surface area contributed by atoms with E-state index in [1.54, 1.807) is 0 Å². The Morgan fingerprint density at radius 3 is 1.39 bits per heavy atom. The van der Waals surface area contributed by atoms with Crippen LogP contribution >= 0.6 is 0 Å². The van der Waals surface area contributed by atoms with Gasteiger partial charge >= 0.3 is 0 Å². The van der Waals surface area contributed by atoms with Crippen LogP contribution in [0.15, 0.2) is 22.3 Å². The maximum atomic E-state index is 11.3. The Morgan fingerprint density at radius 1 is 0.833 bits per heavy atom. The first kappa shape index (κ1) is 13.5. The van der Waals surface area contributed by atoms with E-state index in [9.17, 15) is 9.59 Å². The molecule has 0 atom stereocenters. The third-order valence-electron chi connectivity index (χ3n) is 2.84. The normalized spacial score (nSPS) is 24.3. The molecule has 1 aliphatic carbocycles. The zero-order chi connectivity index (χ0) is 13.7. The molecule has 6 heteroatoms. The average molecular weight is 244 g/mol. The van der Waals surface area contributed by atoms with Crippen LogP contribution in [0.25, 0.3) is 0 Å². The summed E-state index contributed by atoms with van der Waals surface area (Å²) in [5, 5.41) is 17.9. The SMILES string of the molecule is N#C/C1=C(\C#N)CC/C(C(N)=O)=C(/C(N)=O)CC1. The van der Waals surface area contributed by atoms with Gasteiger partial charge in [-0.15, -0.1) is 0 Å². The fraction of sp³-hybridized carbons (Fsp3) is 0.333. The van der Waals surface area contributed by atoms with Crippen LogP contribution in [-0.2, 0) is 9.59 Å². The summed E-state index contributed by atoms with van der Waals surface area (Å²) in [6.07, 6.45) is 0.742. The molecule has 0 aromatic rings. The van der Waals surface area contributed by atoms with E-state index in [0.717, 1.165) is 0 Å². The lowest BCUT2D eigenvalue weighted by molar-refractivity contribution is -0.117. The first-order chi connectivity index (χ1) is 8.51. The molecule has 0 saturated carbocycles. The zero-order valence-electron chi connectivity index (χ0n) is 9.69. The number of nitriles is 2. The molecular formula is C12H12N4O2. The molecule has 0 heterocycles. The average Bonchev–Trinajstić information content (AvgIpc) is 2.28. The van der Waals surface area contributed by atoms with Crippen molar-refractivity contribution in [2.45, 2.75) is 25.7 Å². The highest BCUT2D eigenvalue weighted by atomic mass is 16.2. The first-order valence-electron chi connectivity index (χ1n) is 5.35. The monoisotopic (exact) mass is 244 g/mol. The molecule has 0 radical (unpaired) electrons. The Labute approximate surface area is 104 Å². The van der Waals surface area contributed by atoms with E-state index >= 15 is 0 Å². The van der Waals surface area contributed by atoms with Crippen LogP contribution in [0.5, 0.6) is 0 Å². The van der Waals surface area contributed by atoms with Gasteiger partial charge in [0.15, 0.2) is 0 Å². The van der Waals surface area contributed by atoms with Gasteiger partial charge in [0.25, 0.3) is 0 Å². The van der Waals surface area contributed by atoms with Crippen molar-refractivity contribution >= 4 is 11.8 Å². The van der Waals surface area contributed by atoms with Gasteiger partial charge in [-0.25, -0.2) is 0 Å². The Kier molecular flexibility index (Phi) is 4.22. The van der Waals surface area contributed by atoms with Crippen molar-refractivity contribution in [1.29, 1.82) is 10.5 Å². The van der Waals surface area contributed by atoms with Crippen molar-refractivity contribution in [1.82, 2.24) is 0 Å². The van der Waals surface area contributed by atoms with E-state index in [1.165, 1.54) is 0 Å². The van der Waals surface area contributed by atoms with Crippen molar-refractivity contribution in [2.75, 3.05) is 0 Å². The van der Waals surface area contributed by atoms with Crippen molar-refractivity contribution < 1.29 is 9.59 Å². The number of carbonyl (C=O) groups is 2. The van der Waals surface area contributed by atoms with Crippen LogP contribution in [0.1, 0.15) is 25.7 Å². The lowest BCUT2D eigenvalue weighted by Crippen LogP contribution is -2.24. The van der Waals surface area contributed by atoms with Crippen LogP contribution in [0.2, 0.25) is 0 Å². The van der Waals surface area contributed by atoms with Gasteiger partial charge in [0, 0.05) is 22.3 Å². The summed E-state index contributed by atoms with van der Waals surface area (Å²) in [7, 11) is 0. The number of hydrogen-bond acceptors (Lipinski definition) is 4. The third-order valence-corrected chi connectivity index (χ3v) is 2.84. The number of nitrogens with two attached hydrogens (primary N) is 2. The summed E-state index contributed by atoms with van der Waals surface area (Å²) >= 11 is 0. The highest BCUT2D eigenvalue weighted by Crippen LogP contribution is 2.26. The van der Waals surface area contributed by atoms with E-state index in [1.807, 2.05) is 12.1 Å². The third kappa shape index (κ3) is 2.74. The van der Waals surface area contributed by atoms with Gasteiger partial charge in [-0.3, -0.25) is 9.59 Å². The molecular weight excluding hydrogens is 232 g/mol. The van der Waals surface area contributed by atoms with Gasteiger partial charge in [-0.05, 0) is 25.7 Å². The first-order valence-corrected chi connectivity index (χ1v) is 5.35. The van der Waals surface area contributed by atoms with Gasteiger partial charge in [0.05, 0.1) is 12.1 Å². The molecule has 18 heavy (non-hydrogen) atoms. The molecule has 0 saturated heterocycles. The van der Waals surface area contributed by atoms with E-state index in [4.69, 9.17) is 22.0 Å². The van der Waals surface area contributed by atoms with Crippen LogP contribution in [0.4, 0.5) is 0 Å². The highest BCUT2D eigenvalue weighted by Gasteiger charge is 2.21. The van der Waals surface area contributed by atoms with Crippen LogP contribution in [0, 0.1) is 22.7 Å². The van der Waals surface area contributed by atoms with Crippen molar-refractivity contribution in [3.05, 3.63) is 22.3 Å². The van der Waals surface area contributed by atoms with Crippen molar-refractivity contribution in [3.63, 3.8) is 0 Å². The Bertz CT molecular complexity index is 495. The molecule has 1 aliphatic rings. The second kappa shape index (κ2) is 5.65. The molecule has 0 fully saturated rings. The zero-order valence-corrected chi connectivity index (χ0v) is 9.69. The largest absolute Gasteiger partial charge is 0.366 e. The summed E-state index contributed by atoms with van der Waals surface area (Å²) < 4.78 is 0. The Morgan fingerprint density at radius 2 is 1.17 bits per heavy atom. The molecule has 0 bridgehead atoms. The molecule has 2 amide bonds. The maximum Gasteiger partial charge on any atom is 0.245 e. The number of rotatable bonds is 2. The second-order valence-electron chi connectivity index (χ2n) is 3.87. The summed E-state index contributed by atoms with van der Waals surface area (Å²) in [6.45, 7) is 0. The number of hydrogen-bond donors (Lipinski definition) is 2. The minimum Gasteiger partial charge on any atom is -0.366 e. The van der Waals surface area contributed by atoms with Gasteiger partial charge in [0.2, 0.25) is 11.8 Å². The molecule has 6 nitrogen and oxygen atoms in total. The molecule has 0 aliphatic heterocycles. The smallest absolute Gasteiger partial charge is 0.245 e. The number of amides is 2. The summed E-state index contributed by atoms with van der Waals surface area (Å²) in [4.78, 5) is 22.5. The standard InChI is InChI=1S/C12H12N4O2/c13-5-7-1-3-9(11(15)17)10(12(16)18)4-2-8(7)6-14/h1-4H2,(H2,15,17)(H2,16,18)/b8-7-,10-9-. The maximum absolute atomic E-state index is 11.3. The van der Waals surface area contributed by atoms with Gasteiger partial charge < -0.3 is 11.5 Å².